The monoisotopic (exact) mass is 383 g/mol. The number of methoxy groups -OCH3 is 1. The molecule has 27 heavy (non-hydrogen) atoms. The average Bonchev–Trinajstić information content (AvgIpc) is 2.61. The van der Waals surface area contributed by atoms with E-state index in [1.54, 1.807) is 19.2 Å². The number of rotatable bonds is 7. The fraction of sp³-hybridized carbons (Fsp3) is 0.333. The fourth-order valence-corrected chi connectivity index (χ4v) is 2.67. The molecule has 2 rings (SSSR count). The van der Waals surface area contributed by atoms with E-state index in [0.29, 0.717) is 11.8 Å². The van der Waals surface area contributed by atoms with E-state index in [4.69, 9.17) is 4.74 Å². The zero-order valence-electron chi connectivity index (χ0n) is 15.1. The molecule has 0 aliphatic rings. The fourth-order valence-electron chi connectivity index (χ4n) is 2.67. The Bertz CT molecular complexity index is 793. The van der Waals surface area contributed by atoms with Crippen LogP contribution in [0.1, 0.15) is 17.2 Å². The molecular weight excluding hydrogens is 363 g/mol. The second-order valence-electron chi connectivity index (χ2n) is 6.12. The summed E-state index contributed by atoms with van der Waals surface area (Å²) >= 11 is 0. The molecule has 0 aliphatic heterocycles. The summed E-state index contributed by atoms with van der Waals surface area (Å²) in [6, 6.07) is 9.69. The highest BCUT2D eigenvalue weighted by Gasteiger charge is 2.35. The quantitative estimate of drug-likeness (QED) is 0.569. The van der Waals surface area contributed by atoms with Gasteiger partial charge in [0.25, 0.3) is 5.69 Å². The van der Waals surface area contributed by atoms with Crippen LogP contribution in [0.25, 0.3) is 0 Å². The van der Waals surface area contributed by atoms with Crippen molar-refractivity contribution in [2.24, 2.45) is 0 Å². The van der Waals surface area contributed by atoms with Crippen molar-refractivity contribution in [3.05, 3.63) is 63.7 Å². The summed E-state index contributed by atoms with van der Waals surface area (Å²) in [6.07, 6.45) is -4.71. The summed E-state index contributed by atoms with van der Waals surface area (Å²) < 4.78 is 45.0. The zero-order valence-corrected chi connectivity index (χ0v) is 15.1. The van der Waals surface area contributed by atoms with Crippen LogP contribution in [-0.2, 0) is 6.18 Å². The maximum absolute atomic E-state index is 13.3. The van der Waals surface area contributed by atoms with Crippen molar-refractivity contribution < 1.29 is 22.8 Å². The van der Waals surface area contributed by atoms with Gasteiger partial charge in [-0.05, 0) is 37.9 Å². The standard InChI is InChI=1S/C18H20F3N3O3/c1-23(2)17(12-4-7-14(27-3)8-5-12)11-22-16-9-6-13(24(25)26)10-15(16)18(19,20)21/h4-10,17,22H,11H2,1-3H3. The van der Waals surface area contributed by atoms with Gasteiger partial charge in [0.05, 0.1) is 23.6 Å². The molecular formula is C18H20F3N3O3. The Balaban J connectivity index is 2.27. The predicted molar refractivity (Wildman–Crippen MR) is 96.0 cm³/mol. The van der Waals surface area contributed by atoms with E-state index in [9.17, 15) is 23.3 Å². The molecule has 0 spiro atoms. The molecule has 0 amide bonds. The van der Waals surface area contributed by atoms with Gasteiger partial charge in [0.1, 0.15) is 5.75 Å². The number of nitrogens with one attached hydrogen (secondary N) is 1. The molecule has 1 atom stereocenters. The number of nitro benzene ring substituents is 1. The molecule has 2 aromatic carbocycles. The van der Waals surface area contributed by atoms with Crippen LogP contribution in [0.5, 0.6) is 5.75 Å². The van der Waals surface area contributed by atoms with E-state index in [1.807, 2.05) is 31.1 Å². The highest BCUT2D eigenvalue weighted by Crippen LogP contribution is 2.37. The second-order valence-corrected chi connectivity index (χ2v) is 6.12. The summed E-state index contributed by atoms with van der Waals surface area (Å²) in [7, 11) is 5.18. The molecule has 9 heteroatoms. The van der Waals surface area contributed by atoms with Gasteiger partial charge in [0, 0.05) is 24.4 Å². The van der Waals surface area contributed by atoms with Crippen molar-refractivity contribution in [3.63, 3.8) is 0 Å². The van der Waals surface area contributed by atoms with Crippen molar-refractivity contribution in [2.45, 2.75) is 12.2 Å². The SMILES string of the molecule is COc1ccc(C(CNc2ccc([N+](=O)[O-])cc2C(F)(F)F)N(C)C)cc1. The lowest BCUT2D eigenvalue weighted by Crippen LogP contribution is -2.27. The van der Waals surface area contributed by atoms with Gasteiger partial charge in [-0.15, -0.1) is 0 Å². The van der Waals surface area contributed by atoms with Gasteiger partial charge in [-0.25, -0.2) is 0 Å². The van der Waals surface area contributed by atoms with Crippen molar-refractivity contribution in [1.82, 2.24) is 4.90 Å². The third-order valence-corrected chi connectivity index (χ3v) is 4.13. The molecule has 0 aliphatic carbocycles. The molecule has 0 fully saturated rings. The van der Waals surface area contributed by atoms with E-state index in [2.05, 4.69) is 5.32 Å². The first-order valence-corrected chi connectivity index (χ1v) is 8.03. The number of likely N-dealkylation sites (N-methyl/N-ethyl adjacent to an activating group) is 1. The summed E-state index contributed by atoms with van der Waals surface area (Å²) in [5.74, 6) is 0.680. The Morgan fingerprint density at radius 1 is 1.19 bits per heavy atom. The van der Waals surface area contributed by atoms with E-state index in [1.165, 1.54) is 0 Å². The van der Waals surface area contributed by atoms with Crippen LogP contribution >= 0.6 is 0 Å². The van der Waals surface area contributed by atoms with Crippen LogP contribution < -0.4 is 10.1 Å². The van der Waals surface area contributed by atoms with Crippen LogP contribution in [0.15, 0.2) is 42.5 Å². The van der Waals surface area contributed by atoms with Gasteiger partial charge in [0.15, 0.2) is 0 Å². The number of halogens is 3. The van der Waals surface area contributed by atoms with E-state index >= 15 is 0 Å². The molecule has 0 aromatic heterocycles. The van der Waals surface area contributed by atoms with Crippen LogP contribution in [0, 0.1) is 10.1 Å². The maximum atomic E-state index is 13.3. The number of non-ortho nitro benzene ring substituents is 1. The maximum Gasteiger partial charge on any atom is 0.418 e. The number of nitrogens with zero attached hydrogens (tertiary/aromatic N) is 2. The third-order valence-electron chi connectivity index (χ3n) is 4.13. The zero-order chi connectivity index (χ0) is 20.2. The molecule has 1 N–H and O–H groups in total. The Morgan fingerprint density at radius 3 is 2.30 bits per heavy atom. The molecule has 1 unspecified atom stereocenters. The lowest BCUT2D eigenvalue weighted by atomic mass is 10.0. The normalized spacial score (nSPS) is 12.7. The van der Waals surface area contributed by atoms with Gasteiger partial charge < -0.3 is 15.0 Å². The first-order chi connectivity index (χ1) is 12.6. The molecule has 0 radical (unpaired) electrons. The summed E-state index contributed by atoms with van der Waals surface area (Å²) in [5, 5.41) is 13.6. The minimum absolute atomic E-state index is 0.181. The number of alkyl halides is 3. The number of nitro groups is 1. The summed E-state index contributed by atoms with van der Waals surface area (Å²) in [4.78, 5) is 11.8. The largest absolute Gasteiger partial charge is 0.497 e. The Labute approximate surface area is 154 Å². The highest BCUT2D eigenvalue weighted by atomic mass is 19.4. The van der Waals surface area contributed by atoms with Gasteiger partial charge in [0.2, 0.25) is 0 Å². The van der Waals surface area contributed by atoms with Crippen LogP contribution in [-0.4, -0.2) is 37.6 Å². The molecule has 146 valence electrons. The Hall–Kier alpha value is -2.81. The number of ether oxygens (including phenoxy) is 1. The average molecular weight is 383 g/mol. The molecule has 2 aromatic rings. The topological polar surface area (TPSA) is 67.6 Å². The smallest absolute Gasteiger partial charge is 0.418 e. The molecule has 0 saturated carbocycles. The van der Waals surface area contributed by atoms with E-state index in [-0.39, 0.29) is 18.3 Å². The molecule has 0 heterocycles. The van der Waals surface area contributed by atoms with E-state index in [0.717, 1.165) is 17.7 Å². The lowest BCUT2D eigenvalue weighted by Gasteiger charge is -2.26. The van der Waals surface area contributed by atoms with Crippen LogP contribution in [0.2, 0.25) is 0 Å². The van der Waals surface area contributed by atoms with Crippen LogP contribution in [0.3, 0.4) is 0 Å². The molecule has 0 bridgehead atoms. The second kappa shape index (κ2) is 8.26. The Morgan fingerprint density at radius 2 is 1.81 bits per heavy atom. The summed E-state index contributed by atoms with van der Waals surface area (Å²) in [6.45, 7) is 0.181. The molecule has 6 nitrogen and oxygen atoms in total. The van der Waals surface area contributed by atoms with Crippen molar-refractivity contribution in [3.8, 4) is 5.75 Å². The highest BCUT2D eigenvalue weighted by molar-refractivity contribution is 5.57. The predicted octanol–water partition coefficient (Wildman–Crippen LogP) is 4.34. The van der Waals surface area contributed by atoms with Gasteiger partial charge in [-0.3, -0.25) is 10.1 Å². The minimum atomic E-state index is -4.71. The van der Waals surface area contributed by atoms with Crippen molar-refractivity contribution in [2.75, 3.05) is 33.1 Å². The third kappa shape index (κ3) is 5.10. The number of benzene rings is 2. The first kappa shape index (κ1) is 20.5. The Kier molecular flexibility index (Phi) is 6.27. The van der Waals surface area contributed by atoms with E-state index < -0.39 is 22.4 Å². The van der Waals surface area contributed by atoms with Crippen molar-refractivity contribution in [1.29, 1.82) is 0 Å². The number of hydrogen-bond acceptors (Lipinski definition) is 5. The number of hydrogen-bond donors (Lipinski definition) is 1. The summed E-state index contributed by atoms with van der Waals surface area (Å²) in [5.41, 5.74) is -0.978. The first-order valence-electron chi connectivity index (χ1n) is 8.03. The van der Waals surface area contributed by atoms with Gasteiger partial charge in [-0.2, -0.15) is 13.2 Å². The minimum Gasteiger partial charge on any atom is -0.497 e. The van der Waals surface area contributed by atoms with Gasteiger partial charge in [-0.1, -0.05) is 12.1 Å². The van der Waals surface area contributed by atoms with Crippen LogP contribution in [0.4, 0.5) is 24.5 Å². The van der Waals surface area contributed by atoms with Gasteiger partial charge >= 0.3 is 6.18 Å². The number of anilines is 1. The molecule has 0 saturated heterocycles. The van der Waals surface area contributed by atoms with Crippen molar-refractivity contribution >= 4 is 11.4 Å². The lowest BCUT2D eigenvalue weighted by molar-refractivity contribution is -0.385.